The van der Waals surface area contributed by atoms with Crippen LogP contribution >= 0.6 is 0 Å². The number of halogens is 2. The van der Waals surface area contributed by atoms with E-state index in [2.05, 4.69) is 30.9 Å². The fourth-order valence-electron chi connectivity index (χ4n) is 2.20. The number of pyridine rings is 1. The van der Waals surface area contributed by atoms with Crippen LogP contribution in [0.1, 0.15) is 10.4 Å². The quantitative estimate of drug-likeness (QED) is 0.554. The smallest absolute Gasteiger partial charge is 0.251 e. The summed E-state index contributed by atoms with van der Waals surface area (Å²) in [4.78, 5) is 24.3. The molecule has 3 N–H and O–H groups in total. The molecular weight excluding hydrogens is 354 g/mol. The highest BCUT2D eigenvalue weighted by atomic mass is 19.2. The normalized spacial score (nSPS) is 10.3. The van der Waals surface area contributed by atoms with Crippen LogP contribution < -0.4 is 16.0 Å². The van der Waals surface area contributed by atoms with E-state index in [-0.39, 0.29) is 12.1 Å². The molecule has 0 atom stereocenters. The molecule has 7 nitrogen and oxygen atoms in total. The summed E-state index contributed by atoms with van der Waals surface area (Å²) in [6.45, 7) is 0.653. The van der Waals surface area contributed by atoms with Crippen LogP contribution in [0.25, 0.3) is 0 Å². The molecule has 3 rings (SSSR count). The second-order valence-electron chi connectivity index (χ2n) is 5.44. The van der Waals surface area contributed by atoms with E-state index in [4.69, 9.17) is 0 Å². The Kier molecular flexibility index (Phi) is 5.83. The zero-order chi connectivity index (χ0) is 19.1. The summed E-state index contributed by atoms with van der Waals surface area (Å²) in [7, 11) is 0. The third kappa shape index (κ3) is 5.18. The Bertz CT molecular complexity index is 923. The minimum absolute atomic E-state index is 0.0535. The van der Waals surface area contributed by atoms with E-state index in [1.54, 1.807) is 12.3 Å². The van der Waals surface area contributed by atoms with Gasteiger partial charge in [-0.15, -0.1) is 0 Å². The van der Waals surface area contributed by atoms with Crippen LogP contribution in [0.3, 0.4) is 0 Å². The molecule has 1 amide bonds. The molecule has 0 aliphatic heterocycles. The molecule has 0 saturated carbocycles. The average molecular weight is 370 g/mol. The van der Waals surface area contributed by atoms with Gasteiger partial charge in [-0.3, -0.25) is 4.79 Å². The number of carbonyl (C=O) groups excluding carboxylic acids is 1. The highest BCUT2D eigenvalue weighted by molar-refractivity contribution is 5.94. The zero-order valence-corrected chi connectivity index (χ0v) is 14.1. The molecule has 0 radical (unpaired) electrons. The van der Waals surface area contributed by atoms with Gasteiger partial charge >= 0.3 is 0 Å². The van der Waals surface area contributed by atoms with E-state index in [0.29, 0.717) is 24.0 Å². The van der Waals surface area contributed by atoms with E-state index in [0.717, 1.165) is 12.1 Å². The molecule has 0 bridgehead atoms. The SMILES string of the molecule is O=C(NCCNc1cc(Nc2ccccn2)ncn1)c1ccc(F)c(F)c1. The van der Waals surface area contributed by atoms with Crippen LogP contribution in [0.4, 0.5) is 26.2 Å². The van der Waals surface area contributed by atoms with E-state index in [1.807, 2.05) is 18.2 Å². The van der Waals surface area contributed by atoms with Gasteiger partial charge in [0.05, 0.1) is 0 Å². The molecule has 1 aromatic carbocycles. The number of rotatable bonds is 7. The number of nitrogens with one attached hydrogen (secondary N) is 3. The van der Waals surface area contributed by atoms with Crippen molar-refractivity contribution in [1.29, 1.82) is 0 Å². The lowest BCUT2D eigenvalue weighted by atomic mass is 10.2. The van der Waals surface area contributed by atoms with Crippen LogP contribution in [-0.4, -0.2) is 33.9 Å². The topological polar surface area (TPSA) is 91.8 Å². The molecule has 138 valence electrons. The van der Waals surface area contributed by atoms with Crippen LogP contribution in [0.15, 0.2) is 55.0 Å². The molecule has 3 aromatic rings. The number of aromatic nitrogens is 3. The first-order chi connectivity index (χ1) is 13.1. The number of nitrogens with zero attached hydrogens (tertiary/aromatic N) is 3. The lowest BCUT2D eigenvalue weighted by molar-refractivity contribution is 0.0954. The summed E-state index contributed by atoms with van der Waals surface area (Å²) >= 11 is 0. The molecule has 2 heterocycles. The Morgan fingerprint density at radius 2 is 1.74 bits per heavy atom. The monoisotopic (exact) mass is 370 g/mol. The molecule has 9 heteroatoms. The van der Waals surface area contributed by atoms with Crippen LogP contribution in [-0.2, 0) is 0 Å². The molecule has 0 spiro atoms. The fraction of sp³-hybridized carbons (Fsp3) is 0.111. The van der Waals surface area contributed by atoms with Crippen LogP contribution in [0, 0.1) is 11.6 Å². The summed E-state index contributed by atoms with van der Waals surface area (Å²) in [5, 5.41) is 8.69. The van der Waals surface area contributed by atoms with Gasteiger partial charge in [0.15, 0.2) is 11.6 Å². The summed E-state index contributed by atoms with van der Waals surface area (Å²) in [6.07, 6.45) is 3.06. The molecule has 0 saturated heterocycles. The van der Waals surface area contributed by atoms with Crippen LogP contribution in [0.5, 0.6) is 0 Å². The van der Waals surface area contributed by atoms with E-state index >= 15 is 0 Å². The second-order valence-corrected chi connectivity index (χ2v) is 5.44. The van der Waals surface area contributed by atoms with Gasteiger partial charge in [-0.1, -0.05) is 6.07 Å². The lowest BCUT2D eigenvalue weighted by Crippen LogP contribution is -2.29. The Labute approximate surface area is 153 Å². The second kappa shape index (κ2) is 8.65. The molecule has 0 aliphatic carbocycles. The third-order valence-corrected chi connectivity index (χ3v) is 3.49. The summed E-state index contributed by atoms with van der Waals surface area (Å²) in [6, 6.07) is 10.2. The minimum atomic E-state index is -1.06. The fourth-order valence-corrected chi connectivity index (χ4v) is 2.20. The van der Waals surface area contributed by atoms with Gasteiger partial charge in [-0.05, 0) is 30.3 Å². The lowest BCUT2D eigenvalue weighted by Gasteiger charge is -2.09. The van der Waals surface area contributed by atoms with Crippen molar-refractivity contribution < 1.29 is 13.6 Å². The maximum absolute atomic E-state index is 13.2. The van der Waals surface area contributed by atoms with Gasteiger partial charge in [0.2, 0.25) is 0 Å². The van der Waals surface area contributed by atoms with Crippen molar-refractivity contribution in [2.75, 3.05) is 23.7 Å². The van der Waals surface area contributed by atoms with Gasteiger partial charge in [0, 0.05) is 30.9 Å². The molecule has 0 unspecified atom stereocenters. The molecular formula is C18H16F2N6O. The number of anilines is 3. The van der Waals surface area contributed by atoms with Crippen molar-refractivity contribution in [3.8, 4) is 0 Å². The van der Waals surface area contributed by atoms with Crippen molar-refractivity contribution in [2.24, 2.45) is 0 Å². The van der Waals surface area contributed by atoms with Gasteiger partial charge in [0.1, 0.15) is 23.8 Å². The predicted octanol–water partition coefficient (Wildman–Crippen LogP) is 2.74. The number of amides is 1. The Balaban J connectivity index is 1.48. The first-order valence-corrected chi connectivity index (χ1v) is 8.09. The van der Waals surface area contributed by atoms with Crippen molar-refractivity contribution >= 4 is 23.4 Å². The van der Waals surface area contributed by atoms with Crippen molar-refractivity contribution in [3.63, 3.8) is 0 Å². The van der Waals surface area contributed by atoms with Crippen LogP contribution in [0.2, 0.25) is 0 Å². The number of hydrogen-bond donors (Lipinski definition) is 3. The molecule has 27 heavy (non-hydrogen) atoms. The molecule has 0 aliphatic rings. The Morgan fingerprint density at radius 1 is 0.889 bits per heavy atom. The third-order valence-electron chi connectivity index (χ3n) is 3.49. The van der Waals surface area contributed by atoms with E-state index in [1.165, 1.54) is 12.4 Å². The van der Waals surface area contributed by atoms with E-state index < -0.39 is 17.5 Å². The number of benzene rings is 1. The Hall–Kier alpha value is -3.62. The van der Waals surface area contributed by atoms with Crippen molar-refractivity contribution in [3.05, 3.63) is 72.2 Å². The largest absolute Gasteiger partial charge is 0.368 e. The standard InChI is InChI=1S/C18H16F2N6O/c19-13-5-4-12(9-14(13)20)18(27)23-8-7-22-16-10-17(25-11-24-16)26-15-3-1-2-6-21-15/h1-6,9-11H,7-8H2,(H,23,27)(H2,21,22,24,25,26). The van der Waals surface area contributed by atoms with E-state index in [9.17, 15) is 13.6 Å². The Morgan fingerprint density at radius 3 is 2.52 bits per heavy atom. The first kappa shape index (κ1) is 18.2. The van der Waals surface area contributed by atoms with Gasteiger partial charge in [-0.2, -0.15) is 0 Å². The summed E-state index contributed by atoms with van der Waals surface area (Å²) in [5.41, 5.74) is 0.0535. The maximum Gasteiger partial charge on any atom is 0.251 e. The zero-order valence-electron chi connectivity index (χ0n) is 14.1. The number of hydrogen-bond acceptors (Lipinski definition) is 6. The predicted molar refractivity (Wildman–Crippen MR) is 96.7 cm³/mol. The van der Waals surface area contributed by atoms with Crippen molar-refractivity contribution in [1.82, 2.24) is 20.3 Å². The molecule has 2 aromatic heterocycles. The van der Waals surface area contributed by atoms with Gasteiger partial charge in [0.25, 0.3) is 5.91 Å². The average Bonchev–Trinajstić information content (AvgIpc) is 2.68. The maximum atomic E-state index is 13.2. The molecule has 0 fully saturated rings. The van der Waals surface area contributed by atoms with Crippen molar-refractivity contribution in [2.45, 2.75) is 0 Å². The van der Waals surface area contributed by atoms with Gasteiger partial charge in [-0.25, -0.2) is 23.7 Å². The summed E-state index contributed by atoms with van der Waals surface area (Å²) < 4.78 is 26.0. The highest BCUT2D eigenvalue weighted by Crippen LogP contribution is 2.13. The minimum Gasteiger partial charge on any atom is -0.368 e. The summed E-state index contributed by atoms with van der Waals surface area (Å²) in [5.74, 6) is -0.763. The first-order valence-electron chi connectivity index (χ1n) is 8.09. The highest BCUT2D eigenvalue weighted by Gasteiger charge is 2.09. The van der Waals surface area contributed by atoms with Gasteiger partial charge < -0.3 is 16.0 Å². The number of carbonyl (C=O) groups is 1.